The van der Waals surface area contributed by atoms with Crippen LogP contribution in [0.25, 0.3) is 10.9 Å². The van der Waals surface area contributed by atoms with E-state index in [0.29, 0.717) is 42.1 Å². The first-order chi connectivity index (χ1) is 40.9. The third-order valence-electron chi connectivity index (χ3n) is 16.8. The molecular formula is C65H75N9O10. The number of nitrogens with one attached hydrogen (secondary N) is 6. The van der Waals surface area contributed by atoms with Gasteiger partial charge in [0.2, 0.25) is 29.5 Å². The molecule has 0 spiro atoms. The molecule has 0 unspecified atom stereocenters. The molecule has 0 bridgehead atoms. The highest BCUT2D eigenvalue weighted by Crippen LogP contribution is 2.33. The lowest BCUT2D eigenvalue weighted by molar-refractivity contribution is -0.151. The van der Waals surface area contributed by atoms with Crippen molar-refractivity contribution in [1.29, 1.82) is 0 Å². The third-order valence-corrected chi connectivity index (χ3v) is 16.8. The number of ether oxygens (including phenoxy) is 3. The van der Waals surface area contributed by atoms with E-state index in [1.807, 2.05) is 127 Å². The highest BCUT2D eigenvalue weighted by atomic mass is 16.6. The van der Waals surface area contributed by atoms with E-state index >= 15 is 28.8 Å². The van der Waals surface area contributed by atoms with Gasteiger partial charge in [-0.3, -0.25) is 28.8 Å². The lowest BCUT2D eigenvalue weighted by atomic mass is 9.83. The highest BCUT2D eigenvalue weighted by molar-refractivity contribution is 5.99. The maximum absolute atomic E-state index is 15.9. The SMILES string of the molecule is COc1cccc2[nH]cc(C[C@H]3NC(=O)[C@H](CCc4ccccc4)NC(=O)[C@@H]4C[C@@H](OC(=O)NCCN)CN4C(=O)[C@@H]4Cc5ccccc5CN4C(=O)[C@H](Cc4ccc(OCc5ccccc5)cc4)NC(=O)[C@H](CC4CCNCC4)CC3=O)c12. The number of aryl methyl sites for hydroxylation is 1. The first-order valence-corrected chi connectivity index (χ1v) is 29.3. The number of carbonyl (C=O) groups is 7. The Hall–Kier alpha value is -8.55. The number of fused-ring (bicyclic) bond motifs is 4. The first kappa shape index (κ1) is 58.6. The summed E-state index contributed by atoms with van der Waals surface area (Å²) in [7, 11) is 1.56. The number of aromatic nitrogens is 1. The van der Waals surface area contributed by atoms with E-state index in [1.54, 1.807) is 13.3 Å². The molecule has 5 heterocycles. The van der Waals surface area contributed by atoms with Crippen molar-refractivity contribution in [2.75, 3.05) is 39.8 Å². The number of aromatic amines is 1. The summed E-state index contributed by atoms with van der Waals surface area (Å²) in [4.78, 5) is 112. The van der Waals surface area contributed by atoms with Gasteiger partial charge in [-0.25, -0.2) is 4.79 Å². The number of Topliss-reactive ketones (excluding diaryl/α,β-unsaturated/α-hetero) is 1. The Morgan fingerprint density at radius 1 is 0.679 bits per heavy atom. The van der Waals surface area contributed by atoms with Gasteiger partial charge in [-0.2, -0.15) is 0 Å². The van der Waals surface area contributed by atoms with E-state index in [9.17, 15) is 4.79 Å². The average Bonchev–Trinajstić information content (AvgIpc) is 3.99. The summed E-state index contributed by atoms with van der Waals surface area (Å²) in [6.45, 7) is 1.85. The lowest BCUT2D eigenvalue weighted by Crippen LogP contribution is -2.61. The molecule has 6 aromatic rings. The second-order valence-electron chi connectivity index (χ2n) is 22.5. The number of rotatable bonds is 16. The minimum absolute atomic E-state index is 0.00459. The van der Waals surface area contributed by atoms with Crippen LogP contribution < -0.4 is 41.8 Å². The van der Waals surface area contributed by atoms with Crippen LogP contribution in [-0.2, 0) is 72.3 Å². The van der Waals surface area contributed by atoms with Crippen LogP contribution in [0.3, 0.4) is 0 Å². The smallest absolute Gasteiger partial charge is 0.407 e. The number of amides is 6. The summed E-state index contributed by atoms with van der Waals surface area (Å²) >= 11 is 0. The molecule has 5 aromatic carbocycles. The Morgan fingerprint density at radius 2 is 1.38 bits per heavy atom. The van der Waals surface area contributed by atoms with Crippen molar-refractivity contribution in [3.05, 3.63) is 167 Å². The topological polar surface area (TPSA) is 256 Å². The Bertz CT molecular complexity index is 3280. The second-order valence-corrected chi connectivity index (χ2v) is 22.5. The first-order valence-electron chi connectivity index (χ1n) is 29.3. The molecule has 84 heavy (non-hydrogen) atoms. The van der Waals surface area contributed by atoms with Crippen LogP contribution in [-0.4, -0.2) is 132 Å². The molecule has 440 valence electrons. The summed E-state index contributed by atoms with van der Waals surface area (Å²) in [6, 6.07) is 33.4. The standard InChI is InChI=1S/C65H75N9O10/c1-82-58-18-10-17-51-59(58)48(37-69-51)33-53-57(75)35-47(31-43-25-28-67-29-26-43)60(76)72-54(32-42-19-22-49(23-20-42)83-40-44-13-6-3-7-14-44)63(79)73-38-46-16-9-8-15-45(46)34-56(73)64(80)74-39-50(84-65(81)68-30-27-66)36-55(74)62(78)70-52(61(77)71-53)24-21-41-11-4-2-5-12-41/h2-20,22-23,37,43,47,50,52-56,67,69H,21,24-36,38-40,66H2,1H3,(H,68,81)(H,70,78)(H,71,77)(H,72,76)/t47-,50-,52+,53-,54+,55+,56+/m1/s1. The molecule has 1 aromatic heterocycles. The zero-order valence-electron chi connectivity index (χ0n) is 47.4. The normalized spacial score (nSPS) is 22.8. The largest absolute Gasteiger partial charge is 0.496 e. The summed E-state index contributed by atoms with van der Waals surface area (Å²) in [5, 5.41) is 15.9. The fraction of sp³-hybridized carbons (Fsp3) is 0.400. The number of alkyl carbamates (subject to hydrolysis) is 1. The number of hydrogen-bond donors (Lipinski definition) is 7. The van der Waals surface area contributed by atoms with Gasteiger partial charge in [-0.15, -0.1) is 0 Å². The second kappa shape index (κ2) is 27.7. The molecule has 10 rings (SSSR count). The van der Waals surface area contributed by atoms with Crippen LogP contribution in [0.1, 0.15) is 71.9 Å². The molecular weight excluding hydrogens is 1070 g/mol. The fourth-order valence-corrected chi connectivity index (χ4v) is 12.3. The molecule has 0 saturated carbocycles. The maximum atomic E-state index is 15.9. The van der Waals surface area contributed by atoms with Gasteiger partial charge in [0.05, 0.1) is 19.7 Å². The number of hydrogen-bond acceptors (Lipinski definition) is 12. The predicted molar refractivity (Wildman–Crippen MR) is 315 cm³/mol. The number of nitrogens with zero attached hydrogens (tertiary/aromatic N) is 2. The van der Waals surface area contributed by atoms with Crippen LogP contribution in [0.15, 0.2) is 134 Å². The van der Waals surface area contributed by atoms with Gasteiger partial charge in [-0.1, -0.05) is 103 Å². The number of ketones is 1. The molecule has 4 aliphatic heterocycles. The van der Waals surface area contributed by atoms with Crippen LogP contribution in [0.4, 0.5) is 4.79 Å². The van der Waals surface area contributed by atoms with E-state index in [1.165, 1.54) is 9.80 Å². The van der Waals surface area contributed by atoms with E-state index in [-0.39, 0.29) is 70.6 Å². The van der Waals surface area contributed by atoms with E-state index in [4.69, 9.17) is 19.9 Å². The highest BCUT2D eigenvalue weighted by Gasteiger charge is 2.48. The average molecular weight is 1140 g/mol. The summed E-state index contributed by atoms with van der Waals surface area (Å²) in [5.74, 6) is -3.12. The zero-order chi connectivity index (χ0) is 58.5. The van der Waals surface area contributed by atoms with Crippen LogP contribution >= 0.6 is 0 Å². The number of carbonyl (C=O) groups excluding carboxylic acids is 7. The Labute approximate surface area is 489 Å². The Balaban J connectivity index is 1.06. The lowest BCUT2D eigenvalue weighted by Gasteiger charge is -2.40. The number of methoxy groups -OCH3 is 1. The molecule has 6 amide bonds. The van der Waals surface area contributed by atoms with Gasteiger partial charge in [-0.05, 0) is 109 Å². The quantitative estimate of drug-likeness (QED) is 0.0659. The third kappa shape index (κ3) is 14.4. The zero-order valence-corrected chi connectivity index (χ0v) is 47.4. The predicted octanol–water partition coefficient (Wildman–Crippen LogP) is 5.21. The molecule has 19 nitrogen and oxygen atoms in total. The van der Waals surface area contributed by atoms with Gasteiger partial charge in [0, 0.05) is 74.8 Å². The Kier molecular flexibility index (Phi) is 19.3. The molecule has 7 atom stereocenters. The van der Waals surface area contributed by atoms with Crippen molar-refractivity contribution >= 4 is 52.3 Å². The summed E-state index contributed by atoms with van der Waals surface area (Å²) in [6.07, 6.45) is 1.94. The minimum atomic E-state index is -1.28. The van der Waals surface area contributed by atoms with Gasteiger partial charge >= 0.3 is 6.09 Å². The van der Waals surface area contributed by atoms with E-state index < -0.39 is 83.6 Å². The van der Waals surface area contributed by atoms with Crippen molar-refractivity contribution in [3.8, 4) is 11.5 Å². The maximum Gasteiger partial charge on any atom is 0.407 e. The van der Waals surface area contributed by atoms with Crippen LogP contribution in [0.2, 0.25) is 0 Å². The summed E-state index contributed by atoms with van der Waals surface area (Å²) < 4.78 is 17.8. The van der Waals surface area contributed by atoms with Gasteiger partial charge in [0.25, 0.3) is 0 Å². The number of benzene rings is 5. The van der Waals surface area contributed by atoms with Crippen molar-refractivity contribution in [3.63, 3.8) is 0 Å². The number of H-pyrrole nitrogens is 1. The molecule has 0 radical (unpaired) electrons. The van der Waals surface area contributed by atoms with Crippen molar-refractivity contribution in [1.82, 2.24) is 41.4 Å². The molecule has 8 N–H and O–H groups in total. The fourth-order valence-electron chi connectivity index (χ4n) is 12.3. The molecule has 4 aliphatic rings. The minimum Gasteiger partial charge on any atom is -0.496 e. The van der Waals surface area contributed by atoms with Crippen molar-refractivity contribution < 1.29 is 47.8 Å². The molecule has 19 heteroatoms. The van der Waals surface area contributed by atoms with Crippen molar-refractivity contribution in [2.24, 2.45) is 17.6 Å². The van der Waals surface area contributed by atoms with Gasteiger partial charge in [0.1, 0.15) is 48.4 Å². The van der Waals surface area contributed by atoms with Gasteiger partial charge < -0.3 is 61.3 Å². The van der Waals surface area contributed by atoms with Crippen LogP contribution in [0, 0.1) is 11.8 Å². The monoisotopic (exact) mass is 1140 g/mol. The molecule has 3 fully saturated rings. The van der Waals surface area contributed by atoms with E-state index in [0.717, 1.165) is 59.1 Å². The Morgan fingerprint density at radius 3 is 2.12 bits per heavy atom. The van der Waals surface area contributed by atoms with Crippen molar-refractivity contribution in [2.45, 2.75) is 114 Å². The van der Waals surface area contributed by atoms with E-state index in [2.05, 4.69) is 31.6 Å². The summed E-state index contributed by atoms with van der Waals surface area (Å²) in [5.41, 5.74) is 11.3. The molecule has 3 saturated heterocycles. The number of piperidine rings is 1. The molecule has 0 aliphatic carbocycles. The number of nitrogens with two attached hydrogens (primary N) is 1. The van der Waals surface area contributed by atoms with Gasteiger partial charge in [0.15, 0.2) is 5.78 Å². The van der Waals surface area contributed by atoms with Crippen LogP contribution in [0.5, 0.6) is 11.5 Å².